The van der Waals surface area contributed by atoms with Crippen LogP contribution in [0.1, 0.15) is 62.5 Å². The quantitative estimate of drug-likeness (QED) is 0.286. The molecule has 2 heterocycles. The van der Waals surface area contributed by atoms with Gasteiger partial charge in [-0.15, -0.1) is 24.0 Å². The van der Waals surface area contributed by atoms with E-state index in [1.165, 1.54) is 62.7 Å². The fourth-order valence-electron chi connectivity index (χ4n) is 5.35. The van der Waals surface area contributed by atoms with Crippen molar-refractivity contribution in [1.29, 1.82) is 0 Å². The van der Waals surface area contributed by atoms with Crippen LogP contribution in [0.2, 0.25) is 0 Å². The molecule has 1 saturated carbocycles. The maximum absolute atomic E-state index is 9.66. The molecule has 180 valence electrons. The molecular formula is C25H42IN5O. The second-order valence-corrected chi connectivity index (χ2v) is 9.64. The molecule has 4 rings (SSSR count). The van der Waals surface area contributed by atoms with Crippen LogP contribution in [-0.2, 0) is 13.1 Å². The Morgan fingerprint density at radius 3 is 2.19 bits per heavy atom. The summed E-state index contributed by atoms with van der Waals surface area (Å²) in [6, 6.07) is 10.3. The highest BCUT2D eigenvalue weighted by Gasteiger charge is 2.27. The molecule has 1 aliphatic carbocycles. The number of benzene rings is 1. The van der Waals surface area contributed by atoms with Crippen molar-refractivity contribution in [2.45, 2.75) is 82.6 Å². The van der Waals surface area contributed by atoms with Crippen molar-refractivity contribution in [1.82, 2.24) is 20.4 Å². The van der Waals surface area contributed by atoms with Gasteiger partial charge in [-0.2, -0.15) is 0 Å². The lowest BCUT2D eigenvalue weighted by molar-refractivity contribution is 0.0792. The Kier molecular flexibility index (Phi) is 10.5. The van der Waals surface area contributed by atoms with Gasteiger partial charge < -0.3 is 20.6 Å². The van der Waals surface area contributed by atoms with E-state index in [9.17, 15) is 5.11 Å². The first-order valence-electron chi connectivity index (χ1n) is 12.4. The van der Waals surface area contributed by atoms with E-state index in [-0.39, 0.29) is 30.1 Å². The molecule has 3 N–H and O–H groups in total. The second kappa shape index (κ2) is 13.1. The van der Waals surface area contributed by atoms with E-state index in [2.05, 4.69) is 49.7 Å². The van der Waals surface area contributed by atoms with Gasteiger partial charge >= 0.3 is 0 Å². The number of hydrogen-bond donors (Lipinski definition) is 3. The molecule has 0 aromatic heterocycles. The maximum atomic E-state index is 9.66. The Bertz CT molecular complexity index is 691. The number of likely N-dealkylation sites (tertiary alicyclic amines) is 2. The van der Waals surface area contributed by atoms with Gasteiger partial charge in [0.15, 0.2) is 5.96 Å². The topological polar surface area (TPSA) is 63.1 Å². The van der Waals surface area contributed by atoms with E-state index in [0.29, 0.717) is 6.04 Å². The molecule has 0 unspecified atom stereocenters. The standard InChI is InChI=1S/C25H41N5O.HI/c1-26-25(28-22-10-16-30(17-11-22)23-4-2-3-5-23)27-18-20-6-8-21(9-7-20)19-29-14-12-24(31)13-15-29;/h6-9,22-24,31H,2-5,10-19H2,1H3,(H2,26,27,28);1H. The molecule has 3 fully saturated rings. The molecule has 0 atom stereocenters. The normalized spacial score (nSPS) is 22.6. The summed E-state index contributed by atoms with van der Waals surface area (Å²) in [5.41, 5.74) is 2.62. The van der Waals surface area contributed by atoms with Crippen LogP contribution in [0.3, 0.4) is 0 Å². The lowest BCUT2D eigenvalue weighted by Crippen LogP contribution is -2.50. The van der Waals surface area contributed by atoms with Crippen LogP contribution in [0.4, 0.5) is 0 Å². The Morgan fingerprint density at radius 1 is 0.938 bits per heavy atom. The number of aliphatic imine (C=N–C) groups is 1. The zero-order valence-electron chi connectivity index (χ0n) is 19.6. The van der Waals surface area contributed by atoms with Crippen LogP contribution in [0.15, 0.2) is 29.3 Å². The van der Waals surface area contributed by atoms with Crippen molar-refractivity contribution in [3.63, 3.8) is 0 Å². The first-order chi connectivity index (χ1) is 15.2. The number of nitrogens with zero attached hydrogens (tertiary/aromatic N) is 3. The van der Waals surface area contributed by atoms with Gasteiger partial charge in [-0.1, -0.05) is 37.1 Å². The third-order valence-electron chi connectivity index (χ3n) is 7.38. The zero-order chi connectivity index (χ0) is 21.5. The molecular weight excluding hydrogens is 513 g/mol. The molecule has 6 nitrogen and oxygen atoms in total. The largest absolute Gasteiger partial charge is 0.393 e. The highest BCUT2D eigenvalue weighted by Crippen LogP contribution is 2.26. The van der Waals surface area contributed by atoms with Crippen LogP contribution in [0.5, 0.6) is 0 Å². The van der Waals surface area contributed by atoms with Gasteiger partial charge in [0.05, 0.1) is 6.10 Å². The minimum absolute atomic E-state index is 0. The van der Waals surface area contributed by atoms with Gasteiger partial charge in [-0.05, 0) is 49.7 Å². The van der Waals surface area contributed by atoms with Gasteiger partial charge in [0.25, 0.3) is 0 Å². The molecule has 32 heavy (non-hydrogen) atoms. The number of aliphatic hydroxyl groups excluding tert-OH is 1. The summed E-state index contributed by atoms with van der Waals surface area (Å²) in [5.74, 6) is 0.912. The molecule has 2 saturated heterocycles. The first kappa shape index (κ1) is 25.7. The number of nitrogens with one attached hydrogen (secondary N) is 2. The van der Waals surface area contributed by atoms with E-state index < -0.39 is 0 Å². The summed E-state index contributed by atoms with van der Waals surface area (Å²) >= 11 is 0. The average Bonchev–Trinajstić information content (AvgIpc) is 3.34. The van der Waals surface area contributed by atoms with E-state index in [0.717, 1.165) is 51.0 Å². The molecule has 0 bridgehead atoms. The minimum Gasteiger partial charge on any atom is -0.393 e. The van der Waals surface area contributed by atoms with Crippen molar-refractivity contribution >= 4 is 29.9 Å². The van der Waals surface area contributed by atoms with Crippen LogP contribution in [-0.4, -0.2) is 72.3 Å². The Morgan fingerprint density at radius 2 is 1.56 bits per heavy atom. The van der Waals surface area contributed by atoms with Crippen molar-refractivity contribution in [2.24, 2.45) is 4.99 Å². The highest BCUT2D eigenvalue weighted by atomic mass is 127. The molecule has 2 aliphatic heterocycles. The fraction of sp³-hybridized carbons (Fsp3) is 0.720. The molecule has 0 amide bonds. The monoisotopic (exact) mass is 555 g/mol. The summed E-state index contributed by atoms with van der Waals surface area (Å²) < 4.78 is 0. The van der Waals surface area contributed by atoms with Crippen molar-refractivity contribution in [3.05, 3.63) is 35.4 Å². The van der Waals surface area contributed by atoms with Crippen LogP contribution in [0.25, 0.3) is 0 Å². The Labute approximate surface area is 211 Å². The van der Waals surface area contributed by atoms with E-state index in [4.69, 9.17) is 0 Å². The number of aliphatic hydroxyl groups is 1. The second-order valence-electron chi connectivity index (χ2n) is 9.64. The summed E-state index contributed by atoms with van der Waals surface area (Å²) in [4.78, 5) is 9.60. The number of piperidine rings is 2. The summed E-state index contributed by atoms with van der Waals surface area (Å²) in [6.07, 6.45) is 9.75. The predicted octanol–water partition coefficient (Wildman–Crippen LogP) is 3.33. The van der Waals surface area contributed by atoms with Crippen molar-refractivity contribution < 1.29 is 5.11 Å². The number of hydrogen-bond acceptors (Lipinski definition) is 4. The highest BCUT2D eigenvalue weighted by molar-refractivity contribution is 14.0. The average molecular weight is 556 g/mol. The fourth-order valence-corrected chi connectivity index (χ4v) is 5.35. The number of halogens is 1. The smallest absolute Gasteiger partial charge is 0.191 e. The molecule has 3 aliphatic rings. The lowest BCUT2D eigenvalue weighted by Gasteiger charge is -2.36. The van der Waals surface area contributed by atoms with E-state index >= 15 is 0 Å². The third kappa shape index (κ3) is 7.57. The van der Waals surface area contributed by atoms with Crippen molar-refractivity contribution in [2.75, 3.05) is 33.2 Å². The number of guanidine groups is 1. The van der Waals surface area contributed by atoms with Crippen LogP contribution in [0, 0.1) is 0 Å². The van der Waals surface area contributed by atoms with Crippen LogP contribution >= 0.6 is 24.0 Å². The van der Waals surface area contributed by atoms with Gasteiger partial charge in [0.2, 0.25) is 0 Å². The van der Waals surface area contributed by atoms with Gasteiger partial charge in [0.1, 0.15) is 0 Å². The van der Waals surface area contributed by atoms with Gasteiger partial charge in [-0.25, -0.2) is 0 Å². The SMILES string of the molecule is CN=C(NCc1ccc(CN2CCC(O)CC2)cc1)NC1CCN(C2CCCC2)CC1.I. The zero-order valence-corrected chi connectivity index (χ0v) is 22.0. The summed E-state index contributed by atoms with van der Waals surface area (Å²) in [7, 11) is 1.86. The minimum atomic E-state index is -0.104. The molecule has 1 aromatic carbocycles. The van der Waals surface area contributed by atoms with Gasteiger partial charge in [0, 0.05) is 58.4 Å². The van der Waals surface area contributed by atoms with E-state index in [1.54, 1.807) is 0 Å². The number of rotatable bonds is 6. The lowest BCUT2D eigenvalue weighted by atomic mass is 10.0. The molecule has 7 heteroatoms. The molecule has 0 radical (unpaired) electrons. The Balaban J connectivity index is 0.00000289. The molecule has 0 spiro atoms. The maximum Gasteiger partial charge on any atom is 0.191 e. The first-order valence-corrected chi connectivity index (χ1v) is 12.4. The molecule has 1 aromatic rings. The summed E-state index contributed by atoms with van der Waals surface area (Å²) in [5, 5.41) is 16.8. The van der Waals surface area contributed by atoms with Crippen molar-refractivity contribution in [3.8, 4) is 0 Å². The van der Waals surface area contributed by atoms with Gasteiger partial charge in [-0.3, -0.25) is 9.89 Å². The van der Waals surface area contributed by atoms with E-state index in [1.807, 2.05) is 7.05 Å². The predicted molar refractivity (Wildman–Crippen MR) is 143 cm³/mol. The third-order valence-corrected chi connectivity index (χ3v) is 7.38. The van der Waals surface area contributed by atoms with Crippen LogP contribution < -0.4 is 10.6 Å². The Hall–Kier alpha value is -0.900. The summed E-state index contributed by atoms with van der Waals surface area (Å²) in [6.45, 7) is 6.19.